The molecule has 1 aliphatic rings. The molecule has 14 heavy (non-hydrogen) atoms. The van der Waals surface area contributed by atoms with Gasteiger partial charge in [0.05, 0.1) is 0 Å². The highest BCUT2D eigenvalue weighted by molar-refractivity contribution is 5.74. The predicted molar refractivity (Wildman–Crippen MR) is 58.2 cm³/mol. The Kier molecular flexibility index (Phi) is 4.77. The van der Waals surface area contributed by atoms with Crippen LogP contribution in [0.4, 0.5) is 4.79 Å². The van der Waals surface area contributed by atoms with E-state index in [1.165, 1.54) is 12.8 Å². The summed E-state index contributed by atoms with van der Waals surface area (Å²) in [6, 6.07) is 0.457. The fourth-order valence-electron chi connectivity index (χ4n) is 1.50. The van der Waals surface area contributed by atoms with Gasteiger partial charge in [-0.2, -0.15) is 0 Å². The van der Waals surface area contributed by atoms with E-state index in [1.807, 2.05) is 0 Å². The zero-order valence-corrected chi connectivity index (χ0v) is 9.31. The van der Waals surface area contributed by atoms with Crippen LogP contribution in [0, 0.1) is 5.92 Å². The molecule has 1 saturated carbocycles. The molecule has 1 aliphatic carbocycles. The third-order valence-electron chi connectivity index (χ3n) is 2.68. The molecule has 0 aromatic heterocycles. The van der Waals surface area contributed by atoms with Gasteiger partial charge in [0.2, 0.25) is 0 Å². The minimum absolute atomic E-state index is 0.0125. The Bertz CT molecular complexity index is 176. The average molecular weight is 198 g/mol. The van der Waals surface area contributed by atoms with Crippen LogP contribution >= 0.6 is 0 Å². The van der Waals surface area contributed by atoms with Crippen LogP contribution in [0.15, 0.2) is 0 Å². The van der Waals surface area contributed by atoms with Gasteiger partial charge in [0.15, 0.2) is 0 Å². The molecular formula is C11H22N2O. The smallest absolute Gasteiger partial charge is 0.315 e. The van der Waals surface area contributed by atoms with E-state index < -0.39 is 0 Å². The molecule has 0 unspecified atom stereocenters. The van der Waals surface area contributed by atoms with Crippen LogP contribution in [-0.2, 0) is 0 Å². The second kappa shape index (κ2) is 5.89. The molecule has 0 spiro atoms. The Morgan fingerprint density at radius 2 is 2.14 bits per heavy atom. The van der Waals surface area contributed by atoms with Gasteiger partial charge >= 0.3 is 6.03 Å². The summed E-state index contributed by atoms with van der Waals surface area (Å²) in [6.45, 7) is 5.21. The van der Waals surface area contributed by atoms with Crippen molar-refractivity contribution in [2.24, 2.45) is 5.92 Å². The summed E-state index contributed by atoms with van der Waals surface area (Å²) in [5, 5.41) is 5.84. The predicted octanol–water partition coefficient (Wildman–Crippen LogP) is 2.27. The number of hydrogen-bond donors (Lipinski definition) is 2. The third kappa shape index (κ3) is 4.49. The molecule has 0 aliphatic heterocycles. The summed E-state index contributed by atoms with van der Waals surface area (Å²) in [7, 11) is 0. The van der Waals surface area contributed by atoms with Gasteiger partial charge in [-0.25, -0.2) is 4.79 Å². The van der Waals surface area contributed by atoms with Gasteiger partial charge in [-0.05, 0) is 38.0 Å². The number of urea groups is 1. The Labute approximate surface area is 86.6 Å². The van der Waals surface area contributed by atoms with E-state index in [1.54, 1.807) is 0 Å². The quantitative estimate of drug-likeness (QED) is 0.654. The summed E-state index contributed by atoms with van der Waals surface area (Å²) in [5.41, 5.74) is 0. The molecule has 0 radical (unpaired) electrons. The zero-order valence-electron chi connectivity index (χ0n) is 9.31. The molecule has 2 amide bonds. The summed E-state index contributed by atoms with van der Waals surface area (Å²) in [6.07, 6.45) is 5.83. The number of amides is 2. The normalized spacial score (nSPS) is 16.5. The minimum atomic E-state index is 0.0125. The molecule has 1 rings (SSSR count). The second-order valence-electron chi connectivity index (χ2n) is 4.56. The van der Waals surface area contributed by atoms with Gasteiger partial charge in [0.1, 0.15) is 0 Å². The number of carbonyl (C=O) groups excluding carboxylic acids is 1. The van der Waals surface area contributed by atoms with Crippen molar-refractivity contribution in [2.75, 3.05) is 6.54 Å². The second-order valence-corrected chi connectivity index (χ2v) is 4.56. The van der Waals surface area contributed by atoms with Crippen LogP contribution in [0.25, 0.3) is 0 Å². The zero-order chi connectivity index (χ0) is 10.4. The molecule has 0 heterocycles. The molecule has 0 aromatic carbocycles. The maximum Gasteiger partial charge on any atom is 0.315 e. The molecule has 0 aromatic rings. The van der Waals surface area contributed by atoms with Crippen LogP contribution in [-0.4, -0.2) is 18.6 Å². The van der Waals surface area contributed by atoms with E-state index in [-0.39, 0.29) is 6.03 Å². The van der Waals surface area contributed by atoms with E-state index in [4.69, 9.17) is 0 Å². The lowest BCUT2D eigenvalue weighted by Crippen LogP contribution is -2.45. The highest BCUT2D eigenvalue weighted by atomic mass is 16.2. The fraction of sp³-hybridized carbons (Fsp3) is 0.909. The van der Waals surface area contributed by atoms with E-state index in [0.717, 1.165) is 31.7 Å². The number of nitrogens with one attached hydrogen (secondary N) is 2. The fourth-order valence-corrected chi connectivity index (χ4v) is 1.50. The minimum Gasteiger partial charge on any atom is -0.338 e. The van der Waals surface area contributed by atoms with E-state index in [2.05, 4.69) is 24.5 Å². The molecule has 0 atom stereocenters. The molecule has 2 N–H and O–H groups in total. The summed E-state index contributed by atoms with van der Waals surface area (Å²) in [4.78, 5) is 11.3. The maximum absolute atomic E-state index is 11.3. The molecule has 0 bridgehead atoms. The van der Waals surface area contributed by atoms with Crippen LogP contribution in [0.5, 0.6) is 0 Å². The highest BCUT2D eigenvalue weighted by Gasteiger charge is 2.18. The van der Waals surface area contributed by atoms with Crippen LogP contribution in [0.3, 0.4) is 0 Å². The standard InChI is InChI=1S/C11H22N2O/c1-9(2)5-4-8-12-11(14)13-10-6-3-7-10/h9-10H,3-8H2,1-2H3,(H2,12,13,14). The van der Waals surface area contributed by atoms with Crippen LogP contribution in [0.2, 0.25) is 0 Å². The van der Waals surface area contributed by atoms with Crippen molar-refractivity contribution >= 4 is 6.03 Å². The SMILES string of the molecule is CC(C)CCCNC(=O)NC1CCC1. The monoisotopic (exact) mass is 198 g/mol. The largest absolute Gasteiger partial charge is 0.338 e. The highest BCUT2D eigenvalue weighted by Crippen LogP contribution is 2.17. The number of carbonyl (C=O) groups is 1. The molecular weight excluding hydrogens is 176 g/mol. The molecule has 3 heteroatoms. The van der Waals surface area contributed by atoms with Gasteiger partial charge in [-0.15, -0.1) is 0 Å². The number of rotatable bonds is 5. The molecule has 0 saturated heterocycles. The lowest BCUT2D eigenvalue weighted by molar-refractivity contribution is 0.228. The van der Waals surface area contributed by atoms with E-state index >= 15 is 0 Å². The van der Waals surface area contributed by atoms with Crippen LogP contribution in [0.1, 0.15) is 46.0 Å². The van der Waals surface area contributed by atoms with Crippen molar-refractivity contribution in [3.8, 4) is 0 Å². The summed E-state index contributed by atoms with van der Waals surface area (Å²) < 4.78 is 0. The lowest BCUT2D eigenvalue weighted by atomic mass is 9.93. The summed E-state index contributed by atoms with van der Waals surface area (Å²) >= 11 is 0. The Morgan fingerprint density at radius 1 is 1.43 bits per heavy atom. The van der Waals surface area contributed by atoms with E-state index in [9.17, 15) is 4.79 Å². The van der Waals surface area contributed by atoms with Crippen molar-refractivity contribution in [1.29, 1.82) is 0 Å². The first-order valence-corrected chi connectivity index (χ1v) is 5.73. The lowest BCUT2D eigenvalue weighted by Gasteiger charge is -2.26. The van der Waals surface area contributed by atoms with Gasteiger partial charge in [-0.3, -0.25) is 0 Å². The van der Waals surface area contributed by atoms with Crippen molar-refractivity contribution < 1.29 is 4.79 Å². The number of hydrogen-bond acceptors (Lipinski definition) is 1. The van der Waals surface area contributed by atoms with Gasteiger partial charge in [0, 0.05) is 12.6 Å². The maximum atomic E-state index is 11.3. The van der Waals surface area contributed by atoms with Gasteiger partial charge in [0.25, 0.3) is 0 Å². The molecule has 82 valence electrons. The van der Waals surface area contributed by atoms with Crippen molar-refractivity contribution in [3.63, 3.8) is 0 Å². The average Bonchev–Trinajstić information content (AvgIpc) is 2.05. The molecule has 3 nitrogen and oxygen atoms in total. The van der Waals surface area contributed by atoms with Crippen molar-refractivity contribution in [2.45, 2.75) is 52.0 Å². The molecule has 1 fully saturated rings. The van der Waals surface area contributed by atoms with Gasteiger partial charge < -0.3 is 10.6 Å². The third-order valence-corrected chi connectivity index (χ3v) is 2.68. The van der Waals surface area contributed by atoms with Gasteiger partial charge in [-0.1, -0.05) is 13.8 Å². The first kappa shape index (κ1) is 11.3. The summed E-state index contributed by atoms with van der Waals surface area (Å²) in [5.74, 6) is 0.728. The topological polar surface area (TPSA) is 41.1 Å². The van der Waals surface area contributed by atoms with Crippen molar-refractivity contribution in [3.05, 3.63) is 0 Å². The Hall–Kier alpha value is -0.730. The Morgan fingerprint density at radius 3 is 2.64 bits per heavy atom. The Balaban J connectivity index is 1.92. The first-order valence-electron chi connectivity index (χ1n) is 5.73. The van der Waals surface area contributed by atoms with E-state index in [0.29, 0.717) is 6.04 Å². The van der Waals surface area contributed by atoms with Crippen molar-refractivity contribution in [1.82, 2.24) is 10.6 Å². The first-order chi connectivity index (χ1) is 6.68. The van der Waals surface area contributed by atoms with Crippen LogP contribution < -0.4 is 10.6 Å².